The molecule has 0 saturated carbocycles. The molecule has 0 saturated heterocycles. The summed E-state index contributed by atoms with van der Waals surface area (Å²) in [4.78, 5) is 25.6. The predicted molar refractivity (Wildman–Crippen MR) is 143 cm³/mol. The summed E-state index contributed by atoms with van der Waals surface area (Å²) in [6.45, 7) is 8.14. The van der Waals surface area contributed by atoms with E-state index in [1.54, 1.807) is 24.3 Å². The number of amides is 1. The Morgan fingerprint density at radius 1 is 1.06 bits per heavy atom. The molecule has 3 unspecified atom stereocenters. The second kappa shape index (κ2) is 11.5. The molecule has 1 aliphatic carbocycles. The van der Waals surface area contributed by atoms with Crippen molar-refractivity contribution in [1.82, 2.24) is 5.32 Å². The minimum atomic E-state index is -0.927. The van der Waals surface area contributed by atoms with Crippen molar-refractivity contribution in [3.8, 4) is 0 Å². The first-order valence-electron chi connectivity index (χ1n) is 12.0. The molecule has 3 atom stereocenters. The molecule has 1 aliphatic rings. The van der Waals surface area contributed by atoms with Gasteiger partial charge in [0.15, 0.2) is 0 Å². The van der Waals surface area contributed by atoms with Crippen LogP contribution in [0.2, 0.25) is 5.02 Å². The highest BCUT2D eigenvalue weighted by molar-refractivity contribution is 6.32. The lowest BCUT2D eigenvalue weighted by atomic mass is 9.59. The van der Waals surface area contributed by atoms with Gasteiger partial charge in [-0.1, -0.05) is 86.8 Å². The van der Waals surface area contributed by atoms with Gasteiger partial charge in [0.25, 0.3) is 5.91 Å². The van der Waals surface area contributed by atoms with E-state index in [1.165, 1.54) is 0 Å². The Labute approximate surface area is 218 Å². The van der Waals surface area contributed by atoms with Gasteiger partial charge in [-0.2, -0.15) is 0 Å². The van der Waals surface area contributed by atoms with Crippen LogP contribution in [-0.2, 0) is 4.79 Å². The average Bonchev–Trinajstić information content (AvgIpc) is 2.84. The van der Waals surface area contributed by atoms with Crippen LogP contribution in [0.5, 0.6) is 0 Å². The molecule has 0 aromatic heterocycles. The van der Waals surface area contributed by atoms with E-state index in [0.717, 1.165) is 29.6 Å². The van der Waals surface area contributed by atoms with Gasteiger partial charge in [-0.05, 0) is 60.2 Å². The molecular formula is C29H33Cl2NO3. The highest BCUT2D eigenvalue weighted by atomic mass is 35.5. The number of hydrogen-bond donors (Lipinski definition) is 2. The zero-order valence-electron chi connectivity index (χ0n) is 20.6. The number of rotatable bonds is 9. The number of carbonyl (C=O) groups excluding carboxylic acids is 1. The largest absolute Gasteiger partial charge is 0.481 e. The molecule has 0 bridgehead atoms. The van der Waals surface area contributed by atoms with E-state index in [1.807, 2.05) is 45.0 Å². The summed E-state index contributed by atoms with van der Waals surface area (Å²) in [7, 11) is 0. The molecule has 0 fully saturated rings. The maximum atomic E-state index is 12.9. The summed E-state index contributed by atoms with van der Waals surface area (Å²) in [5.41, 5.74) is 2.36. The maximum Gasteiger partial charge on any atom is 0.311 e. The molecule has 0 aliphatic heterocycles. The Kier molecular flexibility index (Phi) is 8.84. The number of carboxylic acid groups (broad SMARTS) is 1. The molecule has 186 valence electrons. The van der Waals surface area contributed by atoms with E-state index >= 15 is 0 Å². The number of aliphatic carboxylic acids is 1. The van der Waals surface area contributed by atoms with Crippen molar-refractivity contribution in [1.29, 1.82) is 0 Å². The van der Waals surface area contributed by atoms with Gasteiger partial charge in [-0.3, -0.25) is 9.59 Å². The van der Waals surface area contributed by atoms with Crippen LogP contribution in [0.4, 0.5) is 0 Å². The zero-order chi connectivity index (χ0) is 25.8. The van der Waals surface area contributed by atoms with Gasteiger partial charge in [0.05, 0.1) is 5.92 Å². The Hall–Kier alpha value is -2.56. The fourth-order valence-corrected chi connectivity index (χ4v) is 5.76. The molecular weight excluding hydrogens is 481 g/mol. The highest BCUT2D eigenvalue weighted by Gasteiger charge is 2.50. The van der Waals surface area contributed by atoms with Gasteiger partial charge >= 0.3 is 5.97 Å². The monoisotopic (exact) mass is 513 g/mol. The third-order valence-electron chi connectivity index (χ3n) is 7.28. The first-order chi connectivity index (χ1) is 16.6. The number of carbonyl (C=O) groups is 2. The number of hydrogen-bond acceptors (Lipinski definition) is 2. The van der Waals surface area contributed by atoms with Crippen molar-refractivity contribution in [3.63, 3.8) is 0 Å². The number of allylic oxidation sites excluding steroid dienone is 2. The van der Waals surface area contributed by atoms with E-state index in [4.69, 9.17) is 23.2 Å². The third-order valence-corrected chi connectivity index (χ3v) is 8.03. The number of nitrogens with one attached hydrogen (secondary N) is 1. The van der Waals surface area contributed by atoms with Gasteiger partial charge in [-0.25, -0.2) is 0 Å². The second-order valence-corrected chi connectivity index (χ2v) is 10.3. The van der Waals surface area contributed by atoms with Crippen LogP contribution in [0.1, 0.15) is 62.4 Å². The minimum Gasteiger partial charge on any atom is -0.481 e. The van der Waals surface area contributed by atoms with Crippen molar-refractivity contribution < 1.29 is 14.7 Å². The van der Waals surface area contributed by atoms with Crippen molar-refractivity contribution in [2.75, 3.05) is 6.54 Å². The summed E-state index contributed by atoms with van der Waals surface area (Å²) in [6.07, 6.45) is 3.62. The molecule has 4 nitrogen and oxygen atoms in total. The number of carboxylic acids is 1. The van der Waals surface area contributed by atoms with Crippen LogP contribution in [0, 0.1) is 17.3 Å². The molecule has 2 N–H and O–H groups in total. The van der Waals surface area contributed by atoms with Gasteiger partial charge in [-0.15, -0.1) is 0 Å². The summed E-state index contributed by atoms with van der Waals surface area (Å²) in [5.74, 6) is -2.14. The van der Waals surface area contributed by atoms with E-state index < -0.39 is 17.3 Å². The average molecular weight is 514 g/mol. The summed E-state index contributed by atoms with van der Waals surface area (Å²) < 4.78 is 0. The number of halogens is 2. The van der Waals surface area contributed by atoms with Crippen LogP contribution in [0.15, 0.2) is 76.9 Å². The van der Waals surface area contributed by atoms with Crippen LogP contribution in [0.25, 0.3) is 0 Å². The fourth-order valence-electron chi connectivity index (χ4n) is 5.26. The van der Waals surface area contributed by atoms with Gasteiger partial charge in [0.1, 0.15) is 0 Å². The van der Waals surface area contributed by atoms with Crippen LogP contribution in [-0.4, -0.2) is 23.5 Å². The quantitative estimate of drug-likeness (QED) is 0.365. The molecule has 0 heterocycles. The van der Waals surface area contributed by atoms with Crippen molar-refractivity contribution in [2.24, 2.45) is 17.3 Å². The minimum absolute atomic E-state index is 0.000629. The lowest BCUT2D eigenvalue weighted by Gasteiger charge is -2.46. The van der Waals surface area contributed by atoms with Crippen molar-refractivity contribution in [3.05, 3.63) is 93.0 Å². The lowest BCUT2D eigenvalue weighted by molar-refractivity contribution is -0.144. The van der Waals surface area contributed by atoms with Gasteiger partial charge in [0, 0.05) is 33.5 Å². The summed E-state index contributed by atoms with van der Waals surface area (Å²) in [6, 6.07) is 16.7. The van der Waals surface area contributed by atoms with Crippen molar-refractivity contribution in [2.45, 2.75) is 46.5 Å². The standard InChI is InChI=1S/C29H33Cl2NO3/c1-5-9-23(20-10-7-6-8-11-20)24-16-25(28(34)35)29(18(2)3,19(4)26(24)31)17-32-27(33)21-12-14-22(30)15-13-21/h6-8,10-16,18,23,25H,5,9,17H2,1-4H3,(H,32,33)(H,34,35). The summed E-state index contributed by atoms with van der Waals surface area (Å²) in [5, 5.41) is 14.5. The number of benzene rings is 2. The second-order valence-electron chi connectivity index (χ2n) is 9.51. The topological polar surface area (TPSA) is 66.4 Å². The smallest absolute Gasteiger partial charge is 0.311 e. The molecule has 2 aromatic rings. The van der Waals surface area contributed by atoms with Crippen LogP contribution in [0.3, 0.4) is 0 Å². The molecule has 3 rings (SSSR count). The molecule has 1 amide bonds. The molecule has 0 spiro atoms. The van der Waals surface area contributed by atoms with E-state index in [9.17, 15) is 14.7 Å². The molecule has 2 aromatic carbocycles. The fraction of sp³-hybridized carbons (Fsp3) is 0.379. The van der Waals surface area contributed by atoms with Crippen molar-refractivity contribution >= 4 is 35.1 Å². The van der Waals surface area contributed by atoms with Gasteiger partial charge in [0.2, 0.25) is 0 Å². The van der Waals surface area contributed by atoms with Crippen LogP contribution >= 0.6 is 23.2 Å². The zero-order valence-corrected chi connectivity index (χ0v) is 22.2. The Balaban J connectivity index is 2.04. The Morgan fingerprint density at radius 2 is 1.69 bits per heavy atom. The molecule has 35 heavy (non-hydrogen) atoms. The summed E-state index contributed by atoms with van der Waals surface area (Å²) >= 11 is 13.0. The Bertz CT molecular complexity index is 1120. The third kappa shape index (κ3) is 5.49. The van der Waals surface area contributed by atoms with Crippen LogP contribution < -0.4 is 5.32 Å². The molecule has 0 radical (unpaired) electrons. The van der Waals surface area contributed by atoms with Gasteiger partial charge < -0.3 is 10.4 Å². The van der Waals surface area contributed by atoms with E-state index in [-0.39, 0.29) is 24.3 Å². The molecule has 6 heteroatoms. The predicted octanol–water partition coefficient (Wildman–Crippen LogP) is 7.45. The SMILES string of the molecule is CCCC(C1=CC(C(=O)O)C(CNC(=O)c2ccc(Cl)cc2)(C(C)C)C(C)=C1Cl)c1ccccc1. The Morgan fingerprint density at radius 3 is 2.23 bits per heavy atom. The first-order valence-corrected chi connectivity index (χ1v) is 12.8. The lowest BCUT2D eigenvalue weighted by Crippen LogP contribution is -2.50. The van der Waals surface area contributed by atoms with E-state index in [0.29, 0.717) is 15.6 Å². The first kappa shape index (κ1) is 27.0. The maximum absolute atomic E-state index is 12.9. The van der Waals surface area contributed by atoms with E-state index in [2.05, 4.69) is 24.4 Å². The highest BCUT2D eigenvalue weighted by Crippen LogP contribution is 2.52. The normalized spacial score (nSPS) is 21.0.